The van der Waals surface area contributed by atoms with Crippen LogP contribution in [0.15, 0.2) is 12.1 Å². The van der Waals surface area contributed by atoms with E-state index >= 15 is 0 Å². The van der Waals surface area contributed by atoms with Crippen LogP contribution in [0, 0.1) is 9.39 Å². The third kappa shape index (κ3) is 2.74. The molecule has 2 N–H and O–H groups in total. The van der Waals surface area contributed by atoms with Crippen molar-refractivity contribution in [1.82, 2.24) is 9.55 Å². The molecule has 0 saturated heterocycles. The summed E-state index contributed by atoms with van der Waals surface area (Å²) in [5, 5.41) is 0.551. The van der Waals surface area contributed by atoms with Gasteiger partial charge in [-0.25, -0.2) is 9.37 Å². The van der Waals surface area contributed by atoms with E-state index in [4.69, 9.17) is 5.73 Å². The summed E-state index contributed by atoms with van der Waals surface area (Å²) in [5.41, 5.74) is 7.44. The maximum absolute atomic E-state index is 13.6. The first-order chi connectivity index (χ1) is 8.52. The highest BCUT2D eigenvalue weighted by molar-refractivity contribution is 14.1. The van der Waals surface area contributed by atoms with Crippen molar-refractivity contribution in [3.8, 4) is 0 Å². The van der Waals surface area contributed by atoms with Crippen LogP contribution in [0.1, 0.15) is 13.3 Å². The molecule has 1 unspecified atom stereocenters. The van der Waals surface area contributed by atoms with Crippen molar-refractivity contribution >= 4 is 51.3 Å². The van der Waals surface area contributed by atoms with Gasteiger partial charge in [-0.15, -0.1) is 0 Å². The zero-order valence-corrected chi connectivity index (χ0v) is 13.3. The maximum atomic E-state index is 13.6. The van der Waals surface area contributed by atoms with E-state index in [2.05, 4.69) is 18.2 Å². The Balaban J connectivity index is 2.37. The van der Waals surface area contributed by atoms with Crippen LogP contribution in [0.4, 0.5) is 10.3 Å². The number of aromatic nitrogens is 2. The topological polar surface area (TPSA) is 43.8 Å². The summed E-state index contributed by atoms with van der Waals surface area (Å²) in [6.45, 7) is 2.94. The van der Waals surface area contributed by atoms with Gasteiger partial charge in [0.25, 0.3) is 0 Å². The smallest absolute Gasteiger partial charge is 0.201 e. The van der Waals surface area contributed by atoms with Crippen molar-refractivity contribution < 1.29 is 4.39 Å². The SMILES string of the molecule is CSC(C)CCn1c(N)nc2cc(I)c(F)cc21. The van der Waals surface area contributed by atoms with E-state index in [0.717, 1.165) is 24.0 Å². The summed E-state index contributed by atoms with van der Waals surface area (Å²) in [6, 6.07) is 3.25. The van der Waals surface area contributed by atoms with Crippen LogP contribution in [-0.2, 0) is 6.54 Å². The average molecular weight is 379 g/mol. The monoisotopic (exact) mass is 379 g/mol. The molecule has 0 spiro atoms. The van der Waals surface area contributed by atoms with Crippen LogP contribution >= 0.6 is 34.4 Å². The molecule has 2 aromatic rings. The molecule has 1 heterocycles. The molecule has 2 rings (SSSR count). The molecule has 0 bridgehead atoms. The molecule has 0 amide bonds. The molecule has 0 fully saturated rings. The van der Waals surface area contributed by atoms with Gasteiger partial charge in [-0.3, -0.25) is 0 Å². The third-order valence-corrected chi connectivity index (χ3v) is 4.85. The number of hydrogen-bond donors (Lipinski definition) is 1. The Morgan fingerprint density at radius 1 is 1.56 bits per heavy atom. The highest BCUT2D eigenvalue weighted by atomic mass is 127. The molecule has 0 aliphatic carbocycles. The molecule has 1 atom stereocenters. The summed E-state index contributed by atoms with van der Waals surface area (Å²) < 4.78 is 16.1. The standard InChI is InChI=1S/C12H15FIN3S/c1-7(18-2)3-4-17-11-5-8(13)9(14)6-10(11)16-12(17)15/h5-7H,3-4H2,1-2H3,(H2,15,16). The Hall–Kier alpha value is -0.500. The molecule has 18 heavy (non-hydrogen) atoms. The van der Waals surface area contributed by atoms with E-state index in [1.54, 1.807) is 6.07 Å². The summed E-state index contributed by atoms with van der Waals surface area (Å²) in [4.78, 5) is 4.28. The molecule has 1 aromatic heterocycles. The normalized spacial score (nSPS) is 13.1. The van der Waals surface area contributed by atoms with Crippen molar-refractivity contribution in [2.75, 3.05) is 12.0 Å². The Bertz CT molecular complexity index is 570. The number of fused-ring (bicyclic) bond motifs is 1. The van der Waals surface area contributed by atoms with Crippen LogP contribution in [-0.4, -0.2) is 21.1 Å². The van der Waals surface area contributed by atoms with Gasteiger partial charge in [-0.05, 0) is 41.3 Å². The number of nitrogens with zero attached hydrogens (tertiary/aromatic N) is 2. The Labute approximate surface area is 123 Å². The van der Waals surface area contributed by atoms with Gasteiger partial charge in [0.15, 0.2) is 0 Å². The first-order valence-corrected chi connectivity index (χ1v) is 8.03. The molecular formula is C12H15FIN3S. The van der Waals surface area contributed by atoms with Gasteiger partial charge >= 0.3 is 0 Å². The number of rotatable bonds is 4. The second-order valence-corrected chi connectivity index (χ2v) is 6.65. The third-order valence-electron chi connectivity index (χ3n) is 2.98. The predicted molar refractivity (Wildman–Crippen MR) is 84.4 cm³/mol. The highest BCUT2D eigenvalue weighted by Crippen LogP contribution is 2.24. The number of hydrogen-bond acceptors (Lipinski definition) is 3. The lowest BCUT2D eigenvalue weighted by Crippen LogP contribution is -2.07. The lowest BCUT2D eigenvalue weighted by atomic mass is 10.3. The lowest BCUT2D eigenvalue weighted by Gasteiger charge is -2.10. The zero-order chi connectivity index (χ0) is 13.3. The van der Waals surface area contributed by atoms with Gasteiger partial charge < -0.3 is 10.3 Å². The Morgan fingerprint density at radius 3 is 2.94 bits per heavy atom. The van der Waals surface area contributed by atoms with E-state index in [9.17, 15) is 4.39 Å². The summed E-state index contributed by atoms with van der Waals surface area (Å²) in [5.74, 6) is 0.238. The summed E-state index contributed by atoms with van der Waals surface area (Å²) >= 11 is 3.78. The van der Waals surface area contributed by atoms with Crippen LogP contribution in [0.25, 0.3) is 11.0 Å². The van der Waals surface area contributed by atoms with Crippen molar-refractivity contribution in [3.63, 3.8) is 0 Å². The number of thioether (sulfide) groups is 1. The van der Waals surface area contributed by atoms with Crippen molar-refractivity contribution in [3.05, 3.63) is 21.5 Å². The van der Waals surface area contributed by atoms with Gasteiger partial charge in [0.05, 0.1) is 14.6 Å². The molecule has 0 aliphatic heterocycles. The van der Waals surface area contributed by atoms with Gasteiger partial charge in [0.2, 0.25) is 5.95 Å². The van der Waals surface area contributed by atoms with Crippen molar-refractivity contribution in [2.24, 2.45) is 0 Å². The minimum atomic E-state index is -0.220. The number of imidazole rings is 1. The maximum Gasteiger partial charge on any atom is 0.201 e. The minimum Gasteiger partial charge on any atom is -0.369 e. The molecule has 1 aromatic carbocycles. The molecular weight excluding hydrogens is 364 g/mol. The second kappa shape index (κ2) is 5.64. The van der Waals surface area contributed by atoms with Crippen molar-refractivity contribution in [2.45, 2.75) is 25.1 Å². The van der Waals surface area contributed by atoms with Gasteiger partial charge in [-0.1, -0.05) is 6.92 Å². The predicted octanol–water partition coefficient (Wildman–Crippen LogP) is 3.50. The fourth-order valence-electron chi connectivity index (χ4n) is 1.80. The zero-order valence-electron chi connectivity index (χ0n) is 10.3. The number of anilines is 1. The quantitative estimate of drug-likeness (QED) is 0.827. The van der Waals surface area contributed by atoms with E-state index in [1.807, 2.05) is 38.9 Å². The van der Waals surface area contributed by atoms with Crippen LogP contribution < -0.4 is 5.73 Å². The van der Waals surface area contributed by atoms with Gasteiger partial charge in [-0.2, -0.15) is 11.8 Å². The number of aryl methyl sites for hydroxylation is 1. The molecule has 6 heteroatoms. The largest absolute Gasteiger partial charge is 0.369 e. The average Bonchev–Trinajstić information content (AvgIpc) is 2.62. The van der Waals surface area contributed by atoms with Gasteiger partial charge in [0, 0.05) is 17.9 Å². The lowest BCUT2D eigenvalue weighted by molar-refractivity contribution is 0.618. The van der Waals surface area contributed by atoms with Crippen LogP contribution in [0.2, 0.25) is 0 Å². The fraction of sp³-hybridized carbons (Fsp3) is 0.417. The molecule has 0 radical (unpaired) electrons. The highest BCUT2D eigenvalue weighted by Gasteiger charge is 2.12. The number of benzene rings is 1. The Morgan fingerprint density at radius 2 is 2.28 bits per heavy atom. The van der Waals surface area contributed by atoms with Crippen LogP contribution in [0.5, 0.6) is 0 Å². The molecule has 0 aliphatic rings. The molecule has 98 valence electrons. The van der Waals surface area contributed by atoms with E-state index in [1.165, 1.54) is 6.07 Å². The fourth-order valence-corrected chi connectivity index (χ4v) is 2.59. The van der Waals surface area contributed by atoms with Crippen LogP contribution in [0.3, 0.4) is 0 Å². The summed E-state index contributed by atoms with van der Waals surface area (Å²) in [7, 11) is 0. The second-order valence-electron chi connectivity index (χ2n) is 4.21. The minimum absolute atomic E-state index is 0.220. The first-order valence-electron chi connectivity index (χ1n) is 5.66. The number of nitrogen functional groups attached to an aromatic ring is 1. The van der Waals surface area contributed by atoms with E-state index in [-0.39, 0.29) is 5.82 Å². The molecule has 3 nitrogen and oxygen atoms in total. The number of halogens is 2. The summed E-state index contributed by atoms with van der Waals surface area (Å²) in [6.07, 6.45) is 3.08. The van der Waals surface area contributed by atoms with Gasteiger partial charge in [0.1, 0.15) is 5.82 Å². The van der Waals surface area contributed by atoms with Crippen molar-refractivity contribution in [1.29, 1.82) is 0 Å². The Kier molecular flexibility index (Phi) is 4.37. The van der Waals surface area contributed by atoms with E-state index < -0.39 is 0 Å². The number of nitrogens with two attached hydrogens (primary N) is 1. The van der Waals surface area contributed by atoms with E-state index in [0.29, 0.717) is 14.8 Å². The molecule has 0 saturated carbocycles. The first kappa shape index (κ1) is 13.9.